The molecule has 0 fully saturated rings. The summed E-state index contributed by atoms with van der Waals surface area (Å²) in [4.78, 5) is 38.0. The molecule has 1 unspecified atom stereocenters. The second-order valence-corrected chi connectivity index (χ2v) is 8.92. The smallest absolute Gasteiger partial charge is 0.343 e. The maximum atomic E-state index is 12.8. The Kier molecular flexibility index (Phi) is 8.82. The SMILES string of the molecule is CCCCCOc1ccc(C(=O)Oc2ccc(C(=O)/C=C/C3C(=O)N(c4ccccc4)N=C3C)cc2)cc1. The molecule has 0 saturated carbocycles. The van der Waals surface area contributed by atoms with Gasteiger partial charge in [-0.05, 0) is 80.1 Å². The topological polar surface area (TPSA) is 85.3 Å². The van der Waals surface area contributed by atoms with Gasteiger partial charge in [-0.25, -0.2) is 4.79 Å². The molecule has 0 radical (unpaired) electrons. The summed E-state index contributed by atoms with van der Waals surface area (Å²) in [6.07, 6.45) is 6.19. The highest BCUT2D eigenvalue weighted by molar-refractivity contribution is 6.17. The number of hydrazone groups is 1. The molecule has 0 spiro atoms. The van der Waals surface area contributed by atoms with Crippen LogP contribution >= 0.6 is 0 Å². The van der Waals surface area contributed by atoms with Crippen LogP contribution in [0.25, 0.3) is 0 Å². The largest absolute Gasteiger partial charge is 0.494 e. The number of unbranched alkanes of at least 4 members (excludes halogenated alkanes) is 2. The predicted octanol–water partition coefficient (Wildman–Crippen LogP) is 6.25. The van der Waals surface area contributed by atoms with Gasteiger partial charge in [0.2, 0.25) is 0 Å². The van der Waals surface area contributed by atoms with Gasteiger partial charge in [0, 0.05) is 5.56 Å². The molecule has 3 aromatic rings. The molecular formula is C31H30N2O5. The molecule has 1 aliphatic heterocycles. The number of nitrogens with zero attached hydrogens (tertiary/aromatic N) is 2. The van der Waals surface area contributed by atoms with Gasteiger partial charge in [0.15, 0.2) is 5.78 Å². The van der Waals surface area contributed by atoms with Crippen LogP contribution in [0, 0.1) is 5.92 Å². The van der Waals surface area contributed by atoms with Gasteiger partial charge in [-0.3, -0.25) is 9.59 Å². The summed E-state index contributed by atoms with van der Waals surface area (Å²) in [5.41, 5.74) is 2.10. The van der Waals surface area contributed by atoms with Crippen molar-refractivity contribution in [3.05, 3.63) is 102 Å². The molecule has 1 amide bonds. The normalized spacial score (nSPS) is 15.0. The van der Waals surface area contributed by atoms with Gasteiger partial charge in [0.25, 0.3) is 5.91 Å². The van der Waals surface area contributed by atoms with Crippen LogP contribution in [-0.2, 0) is 4.79 Å². The second-order valence-electron chi connectivity index (χ2n) is 8.92. The zero-order valence-corrected chi connectivity index (χ0v) is 21.5. The van der Waals surface area contributed by atoms with E-state index in [9.17, 15) is 14.4 Å². The Hall–Kier alpha value is -4.52. The third-order valence-corrected chi connectivity index (χ3v) is 6.08. The number of para-hydroxylation sites is 1. The summed E-state index contributed by atoms with van der Waals surface area (Å²) in [5, 5.41) is 5.70. The van der Waals surface area contributed by atoms with Crippen LogP contribution in [0.15, 0.2) is 96.1 Å². The molecule has 0 N–H and O–H groups in total. The van der Waals surface area contributed by atoms with E-state index >= 15 is 0 Å². The van der Waals surface area contributed by atoms with Crippen molar-refractivity contribution in [3.8, 4) is 11.5 Å². The first-order valence-electron chi connectivity index (χ1n) is 12.7. The lowest BCUT2D eigenvalue weighted by atomic mass is 10.0. The Morgan fingerprint density at radius 3 is 2.24 bits per heavy atom. The quantitative estimate of drug-likeness (QED) is 0.100. The lowest BCUT2D eigenvalue weighted by Crippen LogP contribution is -2.25. The molecular weight excluding hydrogens is 480 g/mol. The van der Waals surface area contributed by atoms with Crippen molar-refractivity contribution in [2.24, 2.45) is 11.0 Å². The number of allylic oxidation sites excluding steroid dienone is 1. The van der Waals surface area contributed by atoms with Crippen LogP contribution in [0.4, 0.5) is 5.69 Å². The van der Waals surface area contributed by atoms with Crippen LogP contribution in [0.1, 0.15) is 53.8 Å². The van der Waals surface area contributed by atoms with Gasteiger partial charge in [-0.2, -0.15) is 10.1 Å². The van der Waals surface area contributed by atoms with E-state index < -0.39 is 11.9 Å². The number of esters is 1. The standard InChI is InChI=1S/C31H30N2O5/c1-3-4-8-21-37-26-15-13-24(14-16-26)31(36)38-27-17-11-23(12-18-27)29(34)20-19-28-22(2)32-33(30(28)35)25-9-6-5-7-10-25/h5-7,9-20,28H,3-4,8,21H2,1-2H3/b20-19+. The highest BCUT2D eigenvalue weighted by atomic mass is 16.5. The monoisotopic (exact) mass is 510 g/mol. The highest BCUT2D eigenvalue weighted by Gasteiger charge is 2.32. The average Bonchev–Trinajstić information content (AvgIpc) is 3.23. The van der Waals surface area contributed by atoms with Crippen molar-refractivity contribution in [2.45, 2.75) is 33.1 Å². The van der Waals surface area contributed by atoms with E-state index in [1.807, 2.05) is 18.2 Å². The molecule has 38 heavy (non-hydrogen) atoms. The van der Waals surface area contributed by atoms with Gasteiger partial charge in [-0.15, -0.1) is 0 Å². The molecule has 0 bridgehead atoms. The first-order chi connectivity index (χ1) is 18.5. The predicted molar refractivity (Wildman–Crippen MR) is 147 cm³/mol. The third kappa shape index (κ3) is 6.62. The average molecular weight is 511 g/mol. The third-order valence-electron chi connectivity index (χ3n) is 6.08. The van der Waals surface area contributed by atoms with Crippen LogP contribution < -0.4 is 14.5 Å². The van der Waals surface area contributed by atoms with Gasteiger partial charge < -0.3 is 9.47 Å². The second kappa shape index (κ2) is 12.6. The van der Waals surface area contributed by atoms with Crippen LogP contribution in [0.3, 0.4) is 0 Å². The first kappa shape index (κ1) is 26.5. The summed E-state index contributed by atoms with van der Waals surface area (Å²) in [7, 11) is 0. The van der Waals surface area contributed by atoms with Crippen LogP contribution in [0.2, 0.25) is 0 Å². The maximum Gasteiger partial charge on any atom is 0.343 e. The molecule has 194 valence electrons. The molecule has 7 heteroatoms. The summed E-state index contributed by atoms with van der Waals surface area (Å²) in [6.45, 7) is 4.55. The van der Waals surface area contributed by atoms with E-state index in [2.05, 4.69) is 12.0 Å². The van der Waals surface area contributed by atoms with E-state index in [1.165, 1.54) is 11.1 Å². The number of ketones is 1. The lowest BCUT2D eigenvalue weighted by molar-refractivity contribution is -0.118. The fourth-order valence-corrected chi connectivity index (χ4v) is 3.92. The fourth-order valence-electron chi connectivity index (χ4n) is 3.92. The number of anilines is 1. The van der Waals surface area contributed by atoms with Gasteiger partial charge >= 0.3 is 5.97 Å². The molecule has 7 nitrogen and oxygen atoms in total. The number of hydrogen-bond donors (Lipinski definition) is 0. The summed E-state index contributed by atoms with van der Waals surface area (Å²) < 4.78 is 11.1. The maximum absolute atomic E-state index is 12.8. The van der Waals surface area contributed by atoms with E-state index in [0.29, 0.717) is 40.6 Å². The Bertz CT molecular complexity index is 1330. The molecule has 0 saturated heterocycles. The molecule has 3 aromatic carbocycles. The molecule has 4 rings (SSSR count). The van der Waals surface area contributed by atoms with Crippen molar-refractivity contribution in [2.75, 3.05) is 11.6 Å². The zero-order chi connectivity index (χ0) is 26.9. The molecule has 0 aromatic heterocycles. The number of benzene rings is 3. The number of amides is 1. The fraction of sp³-hybridized carbons (Fsp3) is 0.226. The van der Waals surface area contributed by atoms with E-state index in [-0.39, 0.29) is 11.7 Å². The van der Waals surface area contributed by atoms with Crippen LogP contribution in [0.5, 0.6) is 11.5 Å². The van der Waals surface area contributed by atoms with Crippen molar-refractivity contribution in [1.29, 1.82) is 0 Å². The Labute approximate surface area is 222 Å². The Balaban J connectivity index is 1.31. The summed E-state index contributed by atoms with van der Waals surface area (Å²) in [5.74, 6) is -0.552. The minimum atomic E-state index is -0.604. The summed E-state index contributed by atoms with van der Waals surface area (Å²) >= 11 is 0. The first-order valence-corrected chi connectivity index (χ1v) is 12.7. The molecule has 1 heterocycles. The highest BCUT2D eigenvalue weighted by Crippen LogP contribution is 2.24. The molecule has 1 aliphatic rings. The minimum Gasteiger partial charge on any atom is -0.494 e. The van der Waals surface area contributed by atoms with Crippen molar-refractivity contribution >= 4 is 29.1 Å². The Morgan fingerprint density at radius 2 is 1.55 bits per heavy atom. The zero-order valence-electron chi connectivity index (χ0n) is 21.5. The minimum absolute atomic E-state index is 0.212. The van der Waals surface area contributed by atoms with Crippen molar-refractivity contribution < 1.29 is 23.9 Å². The number of hydrogen-bond acceptors (Lipinski definition) is 6. The number of carbonyl (C=O) groups excluding carboxylic acids is 3. The van der Waals surface area contributed by atoms with E-state index in [1.54, 1.807) is 73.7 Å². The Morgan fingerprint density at radius 1 is 0.895 bits per heavy atom. The van der Waals surface area contributed by atoms with Gasteiger partial charge in [0.05, 0.1) is 29.5 Å². The molecule has 1 atom stereocenters. The van der Waals surface area contributed by atoms with Crippen LogP contribution in [-0.4, -0.2) is 30.0 Å². The van der Waals surface area contributed by atoms with E-state index in [4.69, 9.17) is 9.47 Å². The van der Waals surface area contributed by atoms with Crippen molar-refractivity contribution in [1.82, 2.24) is 0 Å². The molecule has 0 aliphatic carbocycles. The van der Waals surface area contributed by atoms with Gasteiger partial charge in [0.1, 0.15) is 11.5 Å². The van der Waals surface area contributed by atoms with Gasteiger partial charge in [-0.1, -0.05) is 44.0 Å². The van der Waals surface area contributed by atoms with E-state index in [0.717, 1.165) is 19.3 Å². The number of rotatable bonds is 11. The lowest BCUT2D eigenvalue weighted by Gasteiger charge is -2.12. The number of carbonyl (C=O) groups is 3. The van der Waals surface area contributed by atoms with Crippen molar-refractivity contribution in [3.63, 3.8) is 0 Å². The number of ether oxygens (including phenoxy) is 2. The summed E-state index contributed by atoms with van der Waals surface area (Å²) in [6, 6.07) is 22.3.